The molecule has 0 fully saturated rings. The Hall–Kier alpha value is -5.80. The van der Waals surface area contributed by atoms with Gasteiger partial charge in [0.15, 0.2) is 11.5 Å². The van der Waals surface area contributed by atoms with Crippen LogP contribution in [0.4, 0.5) is 28.6 Å². The van der Waals surface area contributed by atoms with Crippen molar-refractivity contribution in [3.63, 3.8) is 0 Å². The molecule has 344 valence electrons. The van der Waals surface area contributed by atoms with Gasteiger partial charge in [-0.2, -0.15) is 10.2 Å². The van der Waals surface area contributed by atoms with Crippen LogP contribution in [0, 0.1) is 18.9 Å². The van der Waals surface area contributed by atoms with Crippen LogP contribution in [0.2, 0.25) is 10.0 Å². The number of benzene rings is 4. The minimum Gasteiger partial charge on any atom is -0.506 e. The molecule has 0 aliphatic carbocycles. The molecule has 0 unspecified atom stereocenters. The third-order valence-electron chi connectivity index (χ3n) is 9.67. The molecule has 0 saturated carbocycles. The topological polar surface area (TPSA) is 266 Å². The normalized spacial score (nSPS) is 12.8. The number of anilines is 2. The summed E-state index contributed by atoms with van der Waals surface area (Å²) in [5.41, 5.74) is 1.19. The van der Waals surface area contributed by atoms with Gasteiger partial charge in [-0.15, -0.1) is 5.10 Å². The highest BCUT2D eigenvalue weighted by molar-refractivity contribution is 7.93. The number of primary sulfonamides is 1. The molecular formula is C41H44Cl2N10O9S3. The van der Waals surface area contributed by atoms with E-state index in [0.717, 1.165) is 34.3 Å². The Morgan fingerprint density at radius 2 is 1.62 bits per heavy atom. The maximum atomic E-state index is 14.0. The molecule has 2 aromatic heterocycles. The molecule has 0 spiro atoms. The molecule has 6 N–H and O–H groups in total. The number of nitrogens with two attached hydrogens (primary N) is 1. The van der Waals surface area contributed by atoms with E-state index in [1.807, 2.05) is 6.92 Å². The Morgan fingerprint density at radius 3 is 2.26 bits per heavy atom. The number of azo groups is 1. The summed E-state index contributed by atoms with van der Waals surface area (Å²) in [6, 6.07) is 14.3. The molecule has 0 aliphatic heterocycles. The fourth-order valence-electron chi connectivity index (χ4n) is 7.27. The maximum absolute atomic E-state index is 14.0. The number of rotatable bonds is 16. The van der Waals surface area contributed by atoms with Crippen LogP contribution in [0.25, 0.3) is 21.9 Å². The number of phenolic OH excluding ortho intramolecular Hbond substituents is 1. The first kappa shape index (κ1) is 48.7. The third-order valence-corrected chi connectivity index (χ3v) is 14.1. The second-order valence-electron chi connectivity index (χ2n) is 16.6. The molecule has 0 bridgehead atoms. The van der Waals surface area contributed by atoms with Crippen LogP contribution in [0.5, 0.6) is 11.5 Å². The lowest BCUT2D eigenvalue weighted by Gasteiger charge is -2.34. The Morgan fingerprint density at radius 1 is 0.892 bits per heavy atom. The number of fused-ring (bicyclic) bond motifs is 1. The van der Waals surface area contributed by atoms with Crippen LogP contribution in [0.3, 0.4) is 0 Å². The minimum atomic E-state index is -4.53. The van der Waals surface area contributed by atoms with Crippen LogP contribution in [0.1, 0.15) is 52.2 Å². The molecule has 65 heavy (non-hydrogen) atoms. The predicted octanol–water partition coefficient (Wildman–Crippen LogP) is 9.00. The Kier molecular flexibility index (Phi) is 13.6. The summed E-state index contributed by atoms with van der Waals surface area (Å²) in [6.07, 6.45) is 0.788. The summed E-state index contributed by atoms with van der Waals surface area (Å²) >= 11 is 12.5. The number of halogens is 2. The molecular weight excluding hydrogens is 944 g/mol. The molecule has 19 nitrogen and oxygen atoms in total. The maximum Gasteiger partial charge on any atom is 0.279 e. The van der Waals surface area contributed by atoms with Crippen LogP contribution >= 0.6 is 23.2 Å². The number of ether oxygens (including phenoxy) is 2. The lowest BCUT2D eigenvalue weighted by Crippen LogP contribution is -2.26. The molecule has 0 saturated heterocycles. The smallest absolute Gasteiger partial charge is 0.279 e. The van der Waals surface area contributed by atoms with Crippen molar-refractivity contribution in [1.82, 2.24) is 19.8 Å². The van der Waals surface area contributed by atoms with Gasteiger partial charge in [0.1, 0.15) is 33.6 Å². The molecule has 0 amide bonds. The number of nitrogens with one attached hydrogen (secondary N) is 3. The molecule has 6 rings (SSSR count). The van der Waals surface area contributed by atoms with E-state index in [0.29, 0.717) is 0 Å². The first-order chi connectivity index (χ1) is 30.2. The van der Waals surface area contributed by atoms with E-state index in [1.54, 1.807) is 12.1 Å². The molecule has 2 heterocycles. The van der Waals surface area contributed by atoms with Gasteiger partial charge in [-0.25, -0.2) is 40.5 Å². The van der Waals surface area contributed by atoms with Gasteiger partial charge >= 0.3 is 0 Å². The Balaban J connectivity index is 1.26. The zero-order valence-corrected chi connectivity index (χ0v) is 39.9. The number of methoxy groups -OCH3 is 1. The first-order valence-corrected chi connectivity index (χ1v) is 24.6. The third kappa shape index (κ3) is 11.0. The van der Waals surface area contributed by atoms with Crippen LogP contribution in [0.15, 0.2) is 91.6 Å². The summed E-state index contributed by atoms with van der Waals surface area (Å²) in [4.78, 5) is 6.67. The molecule has 24 heteroatoms. The van der Waals surface area contributed by atoms with Crippen molar-refractivity contribution in [3.8, 4) is 22.9 Å². The van der Waals surface area contributed by atoms with Crippen molar-refractivity contribution in [3.05, 3.63) is 99.3 Å². The monoisotopic (exact) mass is 986 g/mol. The summed E-state index contributed by atoms with van der Waals surface area (Å²) in [6.45, 7) is 20.0. The highest BCUT2D eigenvalue weighted by atomic mass is 35.5. The zero-order valence-electron chi connectivity index (χ0n) is 35.9. The number of sulfonamides is 3. The number of nitrogens with zero attached hydrogens (tertiary/aromatic N) is 6. The first-order valence-electron chi connectivity index (χ1n) is 19.3. The lowest BCUT2D eigenvalue weighted by molar-refractivity contribution is 0.144. The van der Waals surface area contributed by atoms with Crippen molar-refractivity contribution in [2.24, 2.45) is 20.8 Å². The van der Waals surface area contributed by atoms with Crippen LogP contribution in [-0.2, 0) is 40.2 Å². The second kappa shape index (κ2) is 18.2. The number of hydrogen-bond acceptors (Lipinski definition) is 13. The molecule has 6 aromatic rings. The summed E-state index contributed by atoms with van der Waals surface area (Å²) in [5.74, 6) is -0.481. The van der Waals surface area contributed by atoms with Crippen molar-refractivity contribution < 1.29 is 39.8 Å². The van der Waals surface area contributed by atoms with Gasteiger partial charge in [-0.05, 0) is 102 Å². The molecule has 0 atom stereocenters. The number of aromatic nitrogens is 4. The number of H-pyrrole nitrogens is 1. The minimum absolute atomic E-state index is 0.00238. The van der Waals surface area contributed by atoms with Gasteiger partial charge in [-0.3, -0.25) is 9.44 Å². The number of aromatic amines is 1. The highest BCUT2D eigenvalue weighted by Gasteiger charge is 2.31. The lowest BCUT2D eigenvalue weighted by atomic mass is 9.71. The Bertz CT molecular complexity index is 3250. The van der Waals surface area contributed by atoms with Gasteiger partial charge in [-0.1, -0.05) is 69.0 Å². The van der Waals surface area contributed by atoms with Crippen molar-refractivity contribution in [2.75, 3.05) is 29.8 Å². The number of aromatic hydroxyl groups is 1. The summed E-state index contributed by atoms with van der Waals surface area (Å²) in [5, 5.41) is 31.3. The van der Waals surface area contributed by atoms with E-state index in [1.165, 1.54) is 49.6 Å². The van der Waals surface area contributed by atoms with E-state index >= 15 is 0 Å². The molecule has 0 radical (unpaired) electrons. The van der Waals surface area contributed by atoms with Crippen molar-refractivity contribution >= 4 is 87.5 Å². The van der Waals surface area contributed by atoms with E-state index in [-0.39, 0.29) is 101 Å². The van der Waals surface area contributed by atoms with Crippen LogP contribution in [-0.4, -0.2) is 70.5 Å². The highest BCUT2D eigenvalue weighted by Crippen LogP contribution is 2.42. The average Bonchev–Trinajstić information content (AvgIpc) is 3.76. The molecule has 4 aromatic carbocycles. The van der Waals surface area contributed by atoms with E-state index in [4.69, 9.17) is 44.4 Å². The summed E-state index contributed by atoms with van der Waals surface area (Å²) < 4.78 is 96.2. The van der Waals surface area contributed by atoms with Crippen LogP contribution < -0.4 is 19.3 Å². The standard InChI is InChI=1S/C41H44Cl2N10O9S3/c1-23-17-31(32(54)21-27(23)41(5,6)22-40(2,3)4)52-65(59,60)35-19-25(10-14-33(35)62-16-15-61-8)51-64(57,58)26-11-13-30(29(43)20-26)47-48-36-38(45-7)50-53-39(36)46-37(49-53)24-9-12-28(42)34(18-24)63(44,55)56/h9-14,17-21,50-52,54H,15-16,22H2,1-6,8H3,(H2,44,55,56). The second-order valence-corrected chi connectivity index (χ2v) is 22.3. The number of aryl methyl sites for hydroxylation is 1. The van der Waals surface area contributed by atoms with Gasteiger partial charge in [0.2, 0.25) is 15.7 Å². The molecule has 0 aliphatic rings. The van der Waals surface area contributed by atoms with Crippen molar-refractivity contribution in [2.45, 2.75) is 68.1 Å². The fourth-order valence-corrected chi connectivity index (χ4v) is 10.9. The fraction of sp³-hybridized carbons (Fsp3) is 0.293. The van der Waals surface area contributed by atoms with Gasteiger partial charge in [0, 0.05) is 12.7 Å². The Labute approximate surface area is 386 Å². The average molecular weight is 988 g/mol. The van der Waals surface area contributed by atoms with Gasteiger partial charge in [0.05, 0.1) is 32.9 Å². The summed E-state index contributed by atoms with van der Waals surface area (Å²) in [7, 11) is -11.7. The van der Waals surface area contributed by atoms with E-state index in [2.05, 4.69) is 74.3 Å². The van der Waals surface area contributed by atoms with E-state index in [9.17, 15) is 30.4 Å². The zero-order chi connectivity index (χ0) is 47.9. The van der Waals surface area contributed by atoms with Gasteiger partial charge < -0.3 is 19.4 Å². The largest absolute Gasteiger partial charge is 0.506 e. The predicted molar refractivity (Wildman–Crippen MR) is 246 cm³/mol. The quantitative estimate of drug-likeness (QED) is 0.0264. The number of hydrogen-bond donors (Lipinski definition) is 5. The SMILES string of the molecule is [C-]#[N+]c1[nH]n2nc(-c3ccc(Cl)c(S(N)(=O)=O)c3)nc2c1N=Nc1ccc(S(=O)(=O)Nc2ccc(OCCOC)c(S(=O)(=O)Nc3cc(C)c(C(C)(C)CC(C)(C)C)cc3O)c2)cc1Cl. The van der Waals surface area contributed by atoms with Crippen molar-refractivity contribution in [1.29, 1.82) is 0 Å². The van der Waals surface area contributed by atoms with Gasteiger partial charge in [0.25, 0.3) is 25.9 Å². The van der Waals surface area contributed by atoms with E-state index < -0.39 is 35.0 Å². The number of phenols is 1.